The number of halogens is 1. The van der Waals surface area contributed by atoms with Crippen molar-refractivity contribution in [1.82, 2.24) is 9.88 Å². The zero-order chi connectivity index (χ0) is 20.4. The van der Waals surface area contributed by atoms with Gasteiger partial charge in [-0.2, -0.15) is 0 Å². The predicted molar refractivity (Wildman–Crippen MR) is 118 cm³/mol. The van der Waals surface area contributed by atoms with Crippen LogP contribution < -0.4 is 10.2 Å². The monoisotopic (exact) mass is 430 g/mol. The van der Waals surface area contributed by atoms with Crippen LogP contribution in [0.5, 0.6) is 0 Å². The van der Waals surface area contributed by atoms with Crippen LogP contribution in [-0.2, 0) is 11.2 Å². The summed E-state index contributed by atoms with van der Waals surface area (Å²) in [7, 11) is 2.12. The fourth-order valence-electron chi connectivity index (χ4n) is 3.34. The van der Waals surface area contributed by atoms with Crippen LogP contribution >= 0.6 is 22.9 Å². The summed E-state index contributed by atoms with van der Waals surface area (Å²) >= 11 is 7.67. The Bertz CT molecular complexity index is 1010. The van der Waals surface area contributed by atoms with Crippen LogP contribution in [0.1, 0.15) is 11.5 Å². The average Bonchev–Trinajstić information content (AvgIpc) is 3.32. The van der Waals surface area contributed by atoms with Crippen LogP contribution in [0, 0.1) is 6.92 Å². The summed E-state index contributed by atoms with van der Waals surface area (Å²) in [5, 5.41) is 6.30. The van der Waals surface area contributed by atoms with Gasteiger partial charge < -0.3 is 19.5 Å². The van der Waals surface area contributed by atoms with Crippen LogP contribution in [0.25, 0.3) is 10.8 Å². The van der Waals surface area contributed by atoms with Gasteiger partial charge in [0.15, 0.2) is 10.8 Å². The molecule has 3 heterocycles. The number of aromatic nitrogens is 1. The molecule has 0 atom stereocenters. The molecule has 1 saturated heterocycles. The van der Waals surface area contributed by atoms with E-state index in [4.69, 9.17) is 16.0 Å². The molecule has 1 amide bonds. The van der Waals surface area contributed by atoms with Gasteiger partial charge in [0.2, 0.25) is 5.91 Å². The number of thiazole rings is 1. The smallest absolute Gasteiger partial charge is 0.230 e. The van der Waals surface area contributed by atoms with E-state index in [0.29, 0.717) is 5.02 Å². The molecule has 1 aliphatic rings. The first-order chi connectivity index (χ1) is 14.0. The number of carbonyl (C=O) groups is 1. The van der Waals surface area contributed by atoms with Gasteiger partial charge in [-0.3, -0.25) is 4.79 Å². The van der Waals surface area contributed by atoms with Crippen molar-refractivity contribution in [2.75, 3.05) is 43.4 Å². The first kappa shape index (κ1) is 19.9. The molecular formula is C21H23ClN4O2S. The van der Waals surface area contributed by atoms with Crippen molar-refractivity contribution in [2.24, 2.45) is 0 Å². The summed E-state index contributed by atoms with van der Waals surface area (Å²) in [4.78, 5) is 21.8. The Balaban J connectivity index is 1.46. The Labute approximate surface area is 179 Å². The molecule has 1 fully saturated rings. The molecule has 6 nitrogen and oxygen atoms in total. The minimum atomic E-state index is -0.116. The lowest BCUT2D eigenvalue weighted by molar-refractivity contribution is -0.115. The highest BCUT2D eigenvalue weighted by atomic mass is 35.5. The lowest BCUT2D eigenvalue weighted by Gasteiger charge is -2.35. The van der Waals surface area contributed by atoms with Crippen LogP contribution in [0.3, 0.4) is 0 Å². The van der Waals surface area contributed by atoms with Crippen molar-refractivity contribution >= 4 is 40.2 Å². The largest absolute Gasteiger partial charge is 0.459 e. The molecule has 0 unspecified atom stereocenters. The predicted octanol–water partition coefficient (Wildman–Crippen LogP) is 4.30. The quantitative estimate of drug-likeness (QED) is 0.654. The first-order valence-corrected chi connectivity index (χ1v) is 10.8. The molecular weight excluding hydrogens is 408 g/mol. The van der Waals surface area contributed by atoms with Crippen molar-refractivity contribution in [2.45, 2.75) is 13.3 Å². The van der Waals surface area contributed by atoms with Crippen molar-refractivity contribution < 1.29 is 9.21 Å². The number of piperazine rings is 1. The molecule has 1 aliphatic heterocycles. The number of benzene rings is 1. The molecule has 1 N–H and O–H groups in total. The summed E-state index contributed by atoms with van der Waals surface area (Å²) in [5.41, 5.74) is 2.46. The van der Waals surface area contributed by atoms with Crippen LogP contribution in [0.4, 0.5) is 11.4 Å². The van der Waals surface area contributed by atoms with Gasteiger partial charge in [-0.15, -0.1) is 11.3 Å². The summed E-state index contributed by atoms with van der Waals surface area (Å²) in [6.07, 6.45) is 0.199. The Morgan fingerprint density at radius 3 is 2.76 bits per heavy atom. The minimum Gasteiger partial charge on any atom is -0.459 e. The number of amides is 1. The summed E-state index contributed by atoms with van der Waals surface area (Å²) in [5.74, 6) is 1.45. The molecule has 4 rings (SSSR count). The number of carbonyl (C=O) groups excluding carboxylic acids is 1. The Kier molecular flexibility index (Phi) is 5.89. The van der Waals surface area contributed by atoms with E-state index in [1.54, 1.807) is 0 Å². The third-order valence-electron chi connectivity index (χ3n) is 4.92. The number of nitrogens with zero attached hydrogens (tertiary/aromatic N) is 3. The van der Waals surface area contributed by atoms with Gasteiger partial charge in [0, 0.05) is 36.6 Å². The maximum absolute atomic E-state index is 12.7. The van der Waals surface area contributed by atoms with E-state index in [1.165, 1.54) is 11.3 Å². The number of likely N-dealkylation sites (N-methyl/N-ethyl adjacent to an activating group) is 1. The first-order valence-electron chi connectivity index (χ1n) is 9.52. The molecule has 0 spiro atoms. The Hall–Kier alpha value is -2.35. The maximum Gasteiger partial charge on any atom is 0.230 e. The number of hydrogen-bond donors (Lipinski definition) is 1. The highest BCUT2D eigenvalue weighted by molar-refractivity contribution is 7.13. The Morgan fingerprint density at radius 1 is 1.24 bits per heavy atom. The second-order valence-electron chi connectivity index (χ2n) is 7.23. The highest BCUT2D eigenvalue weighted by Gasteiger charge is 2.19. The molecule has 0 saturated carbocycles. The summed E-state index contributed by atoms with van der Waals surface area (Å²) < 4.78 is 5.61. The third-order valence-corrected chi connectivity index (χ3v) is 6.06. The van der Waals surface area contributed by atoms with E-state index in [2.05, 4.69) is 27.1 Å². The van der Waals surface area contributed by atoms with Crippen LogP contribution in [0.15, 0.2) is 40.1 Å². The van der Waals surface area contributed by atoms with Crippen LogP contribution in [0.2, 0.25) is 5.02 Å². The number of nitrogens with one attached hydrogen (secondary N) is 1. The van der Waals surface area contributed by atoms with E-state index >= 15 is 0 Å². The number of rotatable bonds is 5. The van der Waals surface area contributed by atoms with Gasteiger partial charge in [-0.1, -0.05) is 11.6 Å². The van der Waals surface area contributed by atoms with Crippen LogP contribution in [-0.4, -0.2) is 49.0 Å². The molecule has 0 aliphatic carbocycles. The van der Waals surface area contributed by atoms with Gasteiger partial charge in [0.25, 0.3) is 0 Å². The van der Waals surface area contributed by atoms with E-state index in [0.717, 1.165) is 59.8 Å². The standard InChI is InChI=1S/C21H23ClN4O2S/c1-14-3-6-19(28-14)21-23-16(13-29-21)12-20(27)24-17-11-15(22)4-5-18(17)26-9-7-25(2)8-10-26/h3-6,11,13H,7-10,12H2,1-2H3,(H,24,27). The molecule has 1 aromatic carbocycles. The normalized spacial score (nSPS) is 14.9. The van der Waals surface area contributed by atoms with Gasteiger partial charge in [0.1, 0.15) is 5.76 Å². The minimum absolute atomic E-state index is 0.116. The zero-order valence-electron chi connectivity index (χ0n) is 16.4. The van der Waals surface area contributed by atoms with E-state index in [1.807, 2.05) is 42.6 Å². The Morgan fingerprint density at radius 2 is 2.03 bits per heavy atom. The average molecular weight is 431 g/mol. The fourth-order valence-corrected chi connectivity index (χ4v) is 4.29. The van der Waals surface area contributed by atoms with Gasteiger partial charge in [-0.05, 0) is 44.3 Å². The SMILES string of the molecule is Cc1ccc(-c2nc(CC(=O)Nc3cc(Cl)ccc3N3CCN(C)CC3)cs2)o1. The van der Waals surface area contributed by atoms with Gasteiger partial charge >= 0.3 is 0 Å². The molecule has 29 heavy (non-hydrogen) atoms. The van der Waals surface area contributed by atoms with Crippen molar-refractivity contribution in [1.29, 1.82) is 0 Å². The summed E-state index contributed by atoms with van der Waals surface area (Å²) in [6.45, 7) is 5.71. The second kappa shape index (κ2) is 8.57. The second-order valence-corrected chi connectivity index (χ2v) is 8.53. The zero-order valence-corrected chi connectivity index (χ0v) is 18.0. The molecule has 152 valence electrons. The number of anilines is 2. The lowest BCUT2D eigenvalue weighted by atomic mass is 10.2. The fraction of sp³-hybridized carbons (Fsp3) is 0.333. The number of furan rings is 1. The van der Waals surface area contributed by atoms with Crippen molar-refractivity contribution in [3.8, 4) is 10.8 Å². The number of hydrogen-bond acceptors (Lipinski definition) is 6. The molecule has 0 radical (unpaired) electrons. The molecule has 8 heteroatoms. The third kappa shape index (κ3) is 4.80. The topological polar surface area (TPSA) is 61.6 Å². The number of aryl methyl sites for hydroxylation is 1. The van der Waals surface area contributed by atoms with E-state index in [-0.39, 0.29) is 12.3 Å². The maximum atomic E-state index is 12.7. The van der Waals surface area contributed by atoms with Gasteiger partial charge in [-0.25, -0.2) is 4.98 Å². The highest BCUT2D eigenvalue weighted by Crippen LogP contribution is 2.30. The lowest BCUT2D eigenvalue weighted by Crippen LogP contribution is -2.44. The molecule has 3 aromatic rings. The van der Waals surface area contributed by atoms with Gasteiger partial charge in [0.05, 0.1) is 23.5 Å². The van der Waals surface area contributed by atoms with Crippen molar-refractivity contribution in [3.05, 3.63) is 52.2 Å². The van der Waals surface area contributed by atoms with Crippen molar-refractivity contribution in [3.63, 3.8) is 0 Å². The summed E-state index contributed by atoms with van der Waals surface area (Å²) in [6, 6.07) is 9.45. The molecule has 0 bridgehead atoms. The van der Waals surface area contributed by atoms with E-state index < -0.39 is 0 Å². The van der Waals surface area contributed by atoms with E-state index in [9.17, 15) is 4.79 Å². The molecule has 2 aromatic heterocycles.